The molecule has 0 atom stereocenters. The smallest absolute Gasteiger partial charge is 0.328 e. The van der Waals surface area contributed by atoms with Crippen LogP contribution in [0, 0.1) is 5.53 Å². The molecule has 0 radical (unpaired) electrons. The molecule has 0 aromatic carbocycles. The van der Waals surface area contributed by atoms with Gasteiger partial charge in [-0.25, -0.2) is 15.1 Å². The highest BCUT2D eigenvalue weighted by atomic mass is 16.4. The Morgan fingerprint density at radius 3 is 2.06 bits per heavy atom. The van der Waals surface area contributed by atoms with Crippen LogP contribution in [0.4, 0.5) is 0 Å². The second kappa shape index (κ2) is 12.8. The van der Waals surface area contributed by atoms with E-state index in [-0.39, 0.29) is 5.96 Å². The summed E-state index contributed by atoms with van der Waals surface area (Å²) >= 11 is 0. The van der Waals surface area contributed by atoms with Crippen LogP contribution in [0.2, 0.25) is 0 Å². The van der Waals surface area contributed by atoms with Crippen molar-refractivity contribution in [2.24, 2.45) is 15.8 Å². The molecular formula is C10H18N4O4. The van der Waals surface area contributed by atoms with Crippen molar-refractivity contribution in [3.8, 4) is 0 Å². The number of nitrogens with one attached hydrogen (secondary N) is 1. The molecule has 18 heavy (non-hydrogen) atoms. The molecule has 0 amide bonds. The SMILES string of the molecule is CCCCCN=C(N)N=N.O=C(O)/C=C\C(=O)O. The normalized spacial score (nSPS) is 10.6. The molecule has 8 nitrogen and oxygen atoms in total. The van der Waals surface area contributed by atoms with Crippen LogP contribution < -0.4 is 5.73 Å². The fourth-order valence-electron chi connectivity index (χ4n) is 0.733. The molecule has 0 aliphatic carbocycles. The first-order valence-corrected chi connectivity index (χ1v) is 5.25. The second-order valence-corrected chi connectivity index (χ2v) is 3.07. The van der Waals surface area contributed by atoms with Crippen LogP contribution in [0.15, 0.2) is 22.3 Å². The molecule has 8 heteroatoms. The van der Waals surface area contributed by atoms with Crippen molar-refractivity contribution in [1.82, 2.24) is 0 Å². The maximum absolute atomic E-state index is 9.55. The Morgan fingerprint density at radius 1 is 1.22 bits per heavy atom. The van der Waals surface area contributed by atoms with Gasteiger partial charge in [-0.05, 0) is 6.42 Å². The highest BCUT2D eigenvalue weighted by Crippen LogP contribution is 1.93. The van der Waals surface area contributed by atoms with Gasteiger partial charge in [-0.2, -0.15) is 0 Å². The summed E-state index contributed by atoms with van der Waals surface area (Å²) in [5, 5.41) is 18.6. The lowest BCUT2D eigenvalue weighted by molar-refractivity contribution is -0.134. The lowest BCUT2D eigenvalue weighted by atomic mass is 10.2. The number of hydrogen-bond donors (Lipinski definition) is 4. The van der Waals surface area contributed by atoms with Crippen LogP contribution in [0.3, 0.4) is 0 Å². The van der Waals surface area contributed by atoms with Crippen LogP contribution in [0.25, 0.3) is 0 Å². The minimum absolute atomic E-state index is 0.0797. The molecule has 0 rings (SSSR count). The molecule has 0 aromatic rings. The van der Waals surface area contributed by atoms with E-state index in [0.717, 1.165) is 12.8 Å². The number of aliphatic carboxylic acids is 2. The minimum Gasteiger partial charge on any atom is -0.478 e. The summed E-state index contributed by atoms with van der Waals surface area (Å²) in [5.41, 5.74) is 11.6. The summed E-state index contributed by atoms with van der Waals surface area (Å²) in [7, 11) is 0. The van der Waals surface area contributed by atoms with Crippen molar-refractivity contribution in [1.29, 1.82) is 5.53 Å². The first kappa shape index (κ1) is 18.1. The zero-order valence-corrected chi connectivity index (χ0v) is 10.2. The van der Waals surface area contributed by atoms with Gasteiger partial charge >= 0.3 is 11.9 Å². The molecule has 5 N–H and O–H groups in total. The molecule has 0 spiro atoms. The van der Waals surface area contributed by atoms with Gasteiger partial charge in [0.25, 0.3) is 0 Å². The zero-order chi connectivity index (χ0) is 14.4. The van der Waals surface area contributed by atoms with Crippen molar-refractivity contribution >= 4 is 17.9 Å². The Labute approximate surface area is 105 Å². The van der Waals surface area contributed by atoms with E-state index < -0.39 is 11.9 Å². The third-order valence-corrected chi connectivity index (χ3v) is 1.52. The fraction of sp³-hybridized carbons (Fsp3) is 0.500. The van der Waals surface area contributed by atoms with Gasteiger partial charge in [-0.15, -0.1) is 5.11 Å². The van der Waals surface area contributed by atoms with Gasteiger partial charge in [0.05, 0.1) is 0 Å². The van der Waals surface area contributed by atoms with Crippen molar-refractivity contribution in [2.45, 2.75) is 26.2 Å². The topological polar surface area (TPSA) is 149 Å². The number of hydrogen-bond acceptors (Lipinski definition) is 4. The van der Waals surface area contributed by atoms with Crippen molar-refractivity contribution in [3.63, 3.8) is 0 Å². The Kier molecular flexibility index (Phi) is 12.9. The van der Waals surface area contributed by atoms with Crippen molar-refractivity contribution in [2.75, 3.05) is 6.54 Å². The first-order chi connectivity index (χ1) is 8.43. The van der Waals surface area contributed by atoms with Crippen molar-refractivity contribution in [3.05, 3.63) is 12.2 Å². The molecule has 0 fully saturated rings. The summed E-state index contributed by atoms with van der Waals surface area (Å²) in [6.45, 7) is 2.82. The summed E-state index contributed by atoms with van der Waals surface area (Å²) < 4.78 is 0. The molecule has 0 saturated heterocycles. The Bertz CT molecular complexity index is 310. The van der Waals surface area contributed by atoms with Gasteiger partial charge in [0, 0.05) is 18.7 Å². The number of guanidine groups is 1. The molecular weight excluding hydrogens is 240 g/mol. The number of carboxylic acids is 2. The highest BCUT2D eigenvalue weighted by Gasteiger charge is 1.88. The van der Waals surface area contributed by atoms with Crippen molar-refractivity contribution < 1.29 is 19.8 Å². The lowest BCUT2D eigenvalue weighted by Gasteiger charge is -1.91. The molecule has 0 aliphatic heterocycles. The summed E-state index contributed by atoms with van der Waals surface area (Å²) in [6.07, 6.45) is 4.49. The van der Waals surface area contributed by atoms with Gasteiger partial charge in [0.15, 0.2) is 0 Å². The number of rotatable bonds is 6. The van der Waals surface area contributed by atoms with E-state index in [4.69, 9.17) is 21.5 Å². The maximum Gasteiger partial charge on any atom is 0.328 e. The zero-order valence-electron chi connectivity index (χ0n) is 10.2. The van der Waals surface area contributed by atoms with Gasteiger partial charge in [0.2, 0.25) is 5.96 Å². The van der Waals surface area contributed by atoms with Crippen LogP contribution >= 0.6 is 0 Å². The van der Waals surface area contributed by atoms with E-state index in [1.807, 2.05) is 0 Å². The van der Waals surface area contributed by atoms with Crippen LogP contribution in [0.5, 0.6) is 0 Å². The van der Waals surface area contributed by atoms with E-state index in [9.17, 15) is 9.59 Å². The Morgan fingerprint density at radius 2 is 1.72 bits per heavy atom. The minimum atomic E-state index is -1.26. The van der Waals surface area contributed by atoms with E-state index in [1.54, 1.807) is 0 Å². The summed E-state index contributed by atoms with van der Waals surface area (Å²) in [4.78, 5) is 22.9. The number of nitrogens with zero attached hydrogens (tertiary/aromatic N) is 2. The predicted molar refractivity (Wildman–Crippen MR) is 65.6 cm³/mol. The molecule has 102 valence electrons. The monoisotopic (exact) mass is 258 g/mol. The molecule has 0 aliphatic rings. The van der Waals surface area contributed by atoms with Gasteiger partial charge in [-0.1, -0.05) is 19.8 Å². The molecule has 0 unspecified atom stereocenters. The third-order valence-electron chi connectivity index (χ3n) is 1.52. The van der Waals surface area contributed by atoms with Gasteiger partial charge in [-0.3, -0.25) is 4.99 Å². The standard InChI is InChI=1S/C6H14N4.C4H4O4/c1-2-3-4-5-9-6(7)10-8;5-3(6)1-2-4(7)8/h8H,2-5H2,1H3,(H2,7,9);1-2H,(H,5,6)(H,7,8)/b;2-1-. The van der Waals surface area contributed by atoms with Crippen LogP contribution in [-0.2, 0) is 9.59 Å². The number of unbranched alkanes of at least 4 members (excludes halogenated alkanes) is 2. The van der Waals surface area contributed by atoms with Gasteiger partial charge < -0.3 is 15.9 Å². The van der Waals surface area contributed by atoms with Crippen LogP contribution in [-0.4, -0.2) is 34.7 Å². The van der Waals surface area contributed by atoms with E-state index in [1.165, 1.54) is 6.42 Å². The Balaban J connectivity index is 0. The van der Waals surface area contributed by atoms with Gasteiger partial charge in [0.1, 0.15) is 0 Å². The second-order valence-electron chi connectivity index (χ2n) is 3.07. The number of aliphatic imine (C=N–C) groups is 1. The molecule has 0 heterocycles. The molecule has 0 saturated carbocycles. The van der Waals surface area contributed by atoms with E-state index >= 15 is 0 Å². The highest BCUT2D eigenvalue weighted by molar-refractivity contribution is 5.89. The fourth-order valence-corrected chi connectivity index (χ4v) is 0.733. The third kappa shape index (κ3) is 19.3. The average molecular weight is 258 g/mol. The maximum atomic E-state index is 9.55. The molecule has 0 bridgehead atoms. The summed E-state index contributed by atoms with van der Waals surface area (Å²) in [6, 6.07) is 0. The largest absolute Gasteiger partial charge is 0.478 e. The molecule has 0 aromatic heterocycles. The number of carbonyl (C=O) groups is 2. The number of carboxylic acid groups (broad SMARTS) is 2. The van der Waals surface area contributed by atoms with Crippen LogP contribution in [0.1, 0.15) is 26.2 Å². The predicted octanol–water partition coefficient (Wildman–Crippen LogP) is 1.23. The lowest BCUT2D eigenvalue weighted by Crippen LogP contribution is -2.07. The van der Waals surface area contributed by atoms with E-state index in [2.05, 4.69) is 17.0 Å². The summed E-state index contributed by atoms with van der Waals surface area (Å²) in [5.74, 6) is -2.43. The quantitative estimate of drug-likeness (QED) is 0.186. The van der Waals surface area contributed by atoms with E-state index in [0.29, 0.717) is 18.7 Å². The Hall–Kier alpha value is -2.25. The average Bonchev–Trinajstić information content (AvgIpc) is 2.32. The number of nitrogens with two attached hydrogens (primary N) is 1. The first-order valence-electron chi connectivity index (χ1n) is 5.25.